The van der Waals surface area contributed by atoms with Crippen LogP contribution in [-0.4, -0.2) is 10.8 Å². The second-order valence-electron chi connectivity index (χ2n) is 2.41. The molecule has 0 aliphatic heterocycles. The van der Waals surface area contributed by atoms with Crippen LogP contribution in [0.5, 0.6) is 0 Å². The molecule has 0 aliphatic carbocycles. The van der Waals surface area contributed by atoms with Gasteiger partial charge in [-0.25, -0.2) is 0 Å². The quantitative estimate of drug-likeness (QED) is 0.590. The maximum Gasteiger partial charge on any atom is 0.194 e. The predicted octanol–water partition coefficient (Wildman–Crippen LogP) is 1.65. The molecule has 9 heavy (non-hydrogen) atoms. The zero-order valence-corrected chi connectivity index (χ0v) is 5.92. The highest BCUT2D eigenvalue weighted by Crippen LogP contribution is 2.13. The van der Waals surface area contributed by atoms with Crippen molar-refractivity contribution < 1.29 is 5.11 Å². The molecule has 0 aromatic carbocycles. The van der Waals surface area contributed by atoms with Crippen molar-refractivity contribution in [3.63, 3.8) is 0 Å². The number of nitrogens with zero attached hydrogens (tertiary/aromatic N) is 1. The maximum atomic E-state index is 9.83. The van der Waals surface area contributed by atoms with Crippen LogP contribution in [0.3, 0.4) is 0 Å². The summed E-state index contributed by atoms with van der Waals surface area (Å²) in [7, 11) is 0. The van der Waals surface area contributed by atoms with Gasteiger partial charge in [0.05, 0.1) is 0 Å². The van der Waals surface area contributed by atoms with Gasteiger partial charge in [0.25, 0.3) is 0 Å². The van der Waals surface area contributed by atoms with Crippen molar-refractivity contribution >= 4 is 0 Å². The molecule has 0 aliphatic rings. The van der Waals surface area contributed by atoms with Crippen LogP contribution in [0.25, 0.3) is 0 Å². The van der Waals surface area contributed by atoms with Crippen LogP contribution in [0.4, 0.5) is 0 Å². The topological polar surface area (TPSA) is 49.7 Å². The lowest BCUT2D eigenvalue weighted by Crippen LogP contribution is -2.19. The van der Waals surface area contributed by atoms with E-state index in [1.165, 1.54) is 6.92 Å². The number of aliphatic hydroxyl groups is 1. The van der Waals surface area contributed by atoms with Gasteiger partial charge in [0.15, 0.2) is 5.72 Å². The van der Waals surface area contributed by atoms with E-state index in [4.69, 9.17) is 5.11 Å². The molecule has 0 heterocycles. The molecule has 1 atom stereocenters. The molecule has 0 spiro atoms. The number of rotatable bonds is 4. The normalized spacial score (nSPS) is 16.8. The predicted molar refractivity (Wildman–Crippen MR) is 35.9 cm³/mol. The minimum atomic E-state index is -1.34. The fourth-order valence-corrected chi connectivity index (χ4v) is 0.557. The van der Waals surface area contributed by atoms with Crippen LogP contribution in [0.2, 0.25) is 0 Å². The first-order valence-electron chi connectivity index (χ1n) is 3.19. The number of hydrogen-bond acceptors (Lipinski definition) is 3. The molecule has 3 heteroatoms. The second kappa shape index (κ2) is 3.56. The molecule has 1 N–H and O–H groups in total. The molecule has 0 radical (unpaired) electrons. The van der Waals surface area contributed by atoms with Crippen LogP contribution in [-0.2, 0) is 0 Å². The monoisotopic (exact) mass is 131 g/mol. The molecule has 0 saturated carbocycles. The fraction of sp³-hybridized carbons (Fsp3) is 1.00. The SMILES string of the molecule is CCCCC(C)(O)N=O. The van der Waals surface area contributed by atoms with Gasteiger partial charge in [0.1, 0.15) is 0 Å². The van der Waals surface area contributed by atoms with Crippen LogP contribution in [0, 0.1) is 4.91 Å². The van der Waals surface area contributed by atoms with E-state index >= 15 is 0 Å². The molecule has 0 aromatic rings. The van der Waals surface area contributed by atoms with Gasteiger partial charge in [0, 0.05) is 0 Å². The lowest BCUT2D eigenvalue weighted by atomic mass is 10.1. The van der Waals surface area contributed by atoms with E-state index in [0.29, 0.717) is 6.42 Å². The molecule has 1 unspecified atom stereocenters. The Morgan fingerprint density at radius 1 is 1.67 bits per heavy atom. The van der Waals surface area contributed by atoms with Gasteiger partial charge in [-0.3, -0.25) is 0 Å². The average molecular weight is 131 g/mol. The van der Waals surface area contributed by atoms with Crippen molar-refractivity contribution in [2.24, 2.45) is 5.18 Å². The Hall–Kier alpha value is -0.440. The van der Waals surface area contributed by atoms with Crippen molar-refractivity contribution in [2.45, 2.75) is 38.8 Å². The van der Waals surface area contributed by atoms with E-state index in [1.54, 1.807) is 0 Å². The van der Waals surface area contributed by atoms with Gasteiger partial charge in [-0.05, 0) is 24.9 Å². The Morgan fingerprint density at radius 3 is 2.56 bits per heavy atom. The summed E-state index contributed by atoms with van der Waals surface area (Å²) in [5, 5.41) is 11.5. The van der Waals surface area contributed by atoms with Gasteiger partial charge in [-0.1, -0.05) is 13.3 Å². The minimum absolute atomic E-state index is 0.465. The van der Waals surface area contributed by atoms with Crippen molar-refractivity contribution in [1.29, 1.82) is 0 Å². The highest BCUT2D eigenvalue weighted by atomic mass is 16.4. The summed E-state index contributed by atoms with van der Waals surface area (Å²) in [6.45, 7) is 3.43. The number of nitroso groups, excluding NO2 is 1. The van der Waals surface area contributed by atoms with Gasteiger partial charge in [-0.15, -0.1) is 4.91 Å². The van der Waals surface area contributed by atoms with E-state index in [0.717, 1.165) is 12.8 Å². The highest BCUT2D eigenvalue weighted by Gasteiger charge is 2.18. The van der Waals surface area contributed by atoms with Crippen LogP contribution >= 0.6 is 0 Å². The maximum absolute atomic E-state index is 9.83. The molecular weight excluding hydrogens is 118 g/mol. The van der Waals surface area contributed by atoms with E-state index < -0.39 is 5.72 Å². The first kappa shape index (κ1) is 8.56. The molecule has 0 amide bonds. The largest absolute Gasteiger partial charge is 0.367 e. The molecule has 0 fully saturated rings. The number of unbranched alkanes of at least 4 members (excludes halogenated alkanes) is 1. The molecule has 54 valence electrons. The van der Waals surface area contributed by atoms with Crippen molar-refractivity contribution in [1.82, 2.24) is 0 Å². The Morgan fingerprint density at radius 2 is 2.22 bits per heavy atom. The van der Waals surface area contributed by atoms with Crippen molar-refractivity contribution in [3.8, 4) is 0 Å². The van der Waals surface area contributed by atoms with E-state index in [9.17, 15) is 4.91 Å². The fourth-order valence-electron chi connectivity index (χ4n) is 0.557. The van der Waals surface area contributed by atoms with Gasteiger partial charge in [0.2, 0.25) is 0 Å². The summed E-state index contributed by atoms with van der Waals surface area (Å²) in [6, 6.07) is 0. The molecule has 0 aromatic heterocycles. The molecule has 0 saturated heterocycles. The third kappa shape index (κ3) is 4.09. The summed E-state index contributed by atoms with van der Waals surface area (Å²) in [4.78, 5) is 9.83. The third-order valence-electron chi connectivity index (χ3n) is 1.20. The van der Waals surface area contributed by atoms with E-state index in [-0.39, 0.29) is 0 Å². The van der Waals surface area contributed by atoms with Crippen molar-refractivity contribution in [3.05, 3.63) is 4.91 Å². The molecule has 0 bridgehead atoms. The summed E-state index contributed by atoms with van der Waals surface area (Å²) in [5.74, 6) is 0. The number of hydrogen-bond donors (Lipinski definition) is 1. The first-order valence-corrected chi connectivity index (χ1v) is 3.19. The minimum Gasteiger partial charge on any atom is -0.367 e. The Bertz CT molecular complexity index is 91.1. The van der Waals surface area contributed by atoms with E-state index in [2.05, 4.69) is 5.18 Å². The highest BCUT2D eigenvalue weighted by molar-refractivity contribution is 4.66. The Balaban J connectivity index is 3.45. The standard InChI is InChI=1S/C6H13NO2/c1-3-4-5-6(2,8)7-9/h8H,3-5H2,1-2H3. The molecule has 0 rings (SSSR count). The lowest BCUT2D eigenvalue weighted by Gasteiger charge is -2.11. The first-order chi connectivity index (χ1) is 4.12. The van der Waals surface area contributed by atoms with Gasteiger partial charge >= 0.3 is 0 Å². The zero-order valence-electron chi connectivity index (χ0n) is 5.92. The van der Waals surface area contributed by atoms with Gasteiger partial charge < -0.3 is 5.11 Å². The van der Waals surface area contributed by atoms with Gasteiger partial charge in [-0.2, -0.15) is 0 Å². The Labute approximate surface area is 55.1 Å². The van der Waals surface area contributed by atoms with E-state index in [1.807, 2.05) is 6.92 Å². The third-order valence-corrected chi connectivity index (χ3v) is 1.20. The molecular formula is C6H13NO2. The van der Waals surface area contributed by atoms with Crippen LogP contribution in [0.15, 0.2) is 5.18 Å². The summed E-state index contributed by atoms with van der Waals surface area (Å²) >= 11 is 0. The van der Waals surface area contributed by atoms with Crippen LogP contribution in [0.1, 0.15) is 33.1 Å². The van der Waals surface area contributed by atoms with Crippen LogP contribution < -0.4 is 0 Å². The average Bonchev–Trinajstić information content (AvgIpc) is 1.84. The van der Waals surface area contributed by atoms with Crippen molar-refractivity contribution in [2.75, 3.05) is 0 Å². The smallest absolute Gasteiger partial charge is 0.194 e. The Kier molecular flexibility index (Phi) is 3.39. The zero-order chi connectivity index (χ0) is 7.33. The summed E-state index contributed by atoms with van der Waals surface area (Å²) in [5.41, 5.74) is -1.34. The second-order valence-corrected chi connectivity index (χ2v) is 2.41. The summed E-state index contributed by atoms with van der Waals surface area (Å²) < 4.78 is 0. The lowest BCUT2D eigenvalue weighted by molar-refractivity contribution is 0.0564. The summed E-state index contributed by atoms with van der Waals surface area (Å²) in [6.07, 6.45) is 2.29. The molecule has 3 nitrogen and oxygen atoms in total.